The van der Waals surface area contributed by atoms with Crippen LogP contribution in [0.3, 0.4) is 0 Å². The van der Waals surface area contributed by atoms with Crippen LogP contribution in [0.15, 0.2) is 15.8 Å². The number of rotatable bonds is 4. The molecular weight excluding hydrogens is 354 g/mol. The summed E-state index contributed by atoms with van der Waals surface area (Å²) < 4.78 is 27.8. The van der Waals surface area contributed by atoms with Crippen molar-refractivity contribution < 1.29 is 18.3 Å². The van der Waals surface area contributed by atoms with Crippen LogP contribution in [0.5, 0.6) is 0 Å². The number of aromatic nitrogens is 4. The lowest BCUT2D eigenvalue weighted by molar-refractivity contribution is 0.0697. The molecule has 0 saturated carbocycles. The Labute approximate surface area is 122 Å². The van der Waals surface area contributed by atoms with E-state index in [1.165, 1.54) is 20.2 Å². The first-order chi connectivity index (χ1) is 9.24. The predicted molar refractivity (Wildman–Crippen MR) is 72.0 cm³/mol. The molecule has 0 aliphatic rings. The molecule has 9 nitrogen and oxygen atoms in total. The summed E-state index contributed by atoms with van der Waals surface area (Å²) in [6.07, 6.45) is 1.27. The smallest absolute Gasteiger partial charge is 0.339 e. The van der Waals surface area contributed by atoms with Crippen LogP contribution in [-0.2, 0) is 17.1 Å². The van der Waals surface area contributed by atoms with Crippen LogP contribution in [0, 0.1) is 6.92 Å². The van der Waals surface area contributed by atoms with Crippen LogP contribution in [-0.4, -0.2) is 39.5 Å². The van der Waals surface area contributed by atoms with E-state index in [-0.39, 0.29) is 20.9 Å². The third-order valence-electron chi connectivity index (χ3n) is 2.53. The molecule has 0 atom stereocenters. The largest absolute Gasteiger partial charge is 0.478 e. The van der Waals surface area contributed by atoms with Gasteiger partial charge in [-0.3, -0.25) is 4.72 Å². The van der Waals surface area contributed by atoms with E-state index in [1.54, 1.807) is 0 Å². The van der Waals surface area contributed by atoms with Gasteiger partial charge in [0.2, 0.25) is 5.03 Å². The number of aromatic carboxylic acids is 1. The number of nitrogens with zero attached hydrogens (tertiary/aromatic N) is 3. The second-order valence-corrected chi connectivity index (χ2v) is 6.27. The highest BCUT2D eigenvalue weighted by molar-refractivity contribution is 9.10. The number of aryl methyl sites for hydroxylation is 2. The minimum Gasteiger partial charge on any atom is -0.478 e. The van der Waals surface area contributed by atoms with Gasteiger partial charge in [-0.05, 0) is 22.9 Å². The van der Waals surface area contributed by atoms with Gasteiger partial charge in [-0.25, -0.2) is 9.48 Å². The van der Waals surface area contributed by atoms with E-state index in [0.717, 1.165) is 4.68 Å². The number of carboxylic acids is 1. The highest BCUT2D eigenvalue weighted by atomic mass is 79.9. The number of carbonyl (C=O) groups is 1. The van der Waals surface area contributed by atoms with Gasteiger partial charge in [-0.15, -0.1) is 5.10 Å². The highest BCUT2D eigenvalue weighted by Gasteiger charge is 2.27. The van der Waals surface area contributed by atoms with E-state index in [2.05, 4.69) is 35.9 Å². The molecule has 2 heterocycles. The highest BCUT2D eigenvalue weighted by Crippen LogP contribution is 2.25. The molecule has 2 aromatic rings. The van der Waals surface area contributed by atoms with E-state index >= 15 is 0 Å². The second kappa shape index (κ2) is 4.90. The number of nitrogens with one attached hydrogen (secondary N) is 2. The molecule has 108 valence electrons. The quantitative estimate of drug-likeness (QED) is 0.733. The molecule has 0 radical (unpaired) electrons. The Kier molecular flexibility index (Phi) is 3.56. The fraction of sp³-hybridized carbons (Fsp3) is 0.222. The molecule has 0 aliphatic carbocycles. The summed E-state index contributed by atoms with van der Waals surface area (Å²) in [5.74, 6) is -1.23. The molecule has 0 aromatic carbocycles. The Morgan fingerprint density at radius 2 is 2.20 bits per heavy atom. The van der Waals surface area contributed by atoms with Crippen LogP contribution >= 0.6 is 15.9 Å². The monoisotopic (exact) mass is 363 g/mol. The molecule has 0 fully saturated rings. The van der Waals surface area contributed by atoms with Crippen LogP contribution in [0.1, 0.15) is 16.1 Å². The van der Waals surface area contributed by atoms with Gasteiger partial charge in [0.1, 0.15) is 5.56 Å². The Hall–Kier alpha value is -1.88. The SMILES string of the molecule is Cc1[nH]cc(NS(=O)(=O)c2c(Br)nnn2C)c1C(=O)O. The Morgan fingerprint density at radius 1 is 1.55 bits per heavy atom. The molecule has 2 rings (SSSR count). The number of hydrogen-bond acceptors (Lipinski definition) is 5. The molecule has 0 unspecified atom stereocenters. The maximum absolute atomic E-state index is 12.2. The molecule has 0 amide bonds. The normalized spacial score (nSPS) is 11.6. The number of carboxylic acid groups (broad SMARTS) is 1. The topological polar surface area (TPSA) is 130 Å². The lowest BCUT2D eigenvalue weighted by Crippen LogP contribution is -2.18. The molecule has 3 N–H and O–H groups in total. The van der Waals surface area contributed by atoms with Crippen molar-refractivity contribution in [3.05, 3.63) is 22.1 Å². The van der Waals surface area contributed by atoms with E-state index in [4.69, 9.17) is 5.11 Å². The van der Waals surface area contributed by atoms with Crippen LogP contribution < -0.4 is 4.72 Å². The minimum absolute atomic E-state index is 0.0385. The molecule has 0 bridgehead atoms. The summed E-state index contributed by atoms with van der Waals surface area (Å²) >= 11 is 2.98. The summed E-state index contributed by atoms with van der Waals surface area (Å²) in [5.41, 5.74) is 0.153. The third-order valence-corrected chi connectivity index (χ3v) is 4.78. The van der Waals surface area contributed by atoms with Crippen molar-refractivity contribution in [1.82, 2.24) is 20.0 Å². The van der Waals surface area contributed by atoms with Crippen molar-refractivity contribution in [2.75, 3.05) is 4.72 Å². The average molecular weight is 364 g/mol. The molecule has 0 spiro atoms. The zero-order chi connectivity index (χ0) is 15.1. The summed E-state index contributed by atoms with van der Waals surface area (Å²) in [7, 11) is -2.61. The van der Waals surface area contributed by atoms with Crippen molar-refractivity contribution >= 4 is 37.6 Å². The number of anilines is 1. The lowest BCUT2D eigenvalue weighted by atomic mass is 10.2. The van der Waals surface area contributed by atoms with Gasteiger partial charge in [-0.2, -0.15) is 8.42 Å². The number of halogens is 1. The first-order valence-corrected chi connectivity index (χ1v) is 7.51. The van der Waals surface area contributed by atoms with E-state index < -0.39 is 16.0 Å². The fourth-order valence-corrected chi connectivity index (χ4v) is 3.84. The lowest BCUT2D eigenvalue weighted by Gasteiger charge is -2.07. The van der Waals surface area contributed by atoms with Gasteiger partial charge in [0, 0.05) is 18.9 Å². The van der Waals surface area contributed by atoms with Gasteiger partial charge in [-0.1, -0.05) is 5.21 Å². The standard InChI is InChI=1S/C9H10BrN5O4S/c1-4-6(9(16)17)5(3-11-4)13-20(18,19)8-7(10)12-14-15(8)2/h3,11,13H,1-2H3,(H,16,17). The van der Waals surface area contributed by atoms with Crippen molar-refractivity contribution in [2.24, 2.45) is 7.05 Å². The Morgan fingerprint density at radius 3 is 2.70 bits per heavy atom. The number of hydrogen-bond donors (Lipinski definition) is 3. The van der Waals surface area contributed by atoms with E-state index in [1.807, 2.05) is 0 Å². The first kappa shape index (κ1) is 14.5. The van der Waals surface area contributed by atoms with Gasteiger partial charge in [0.05, 0.1) is 5.69 Å². The average Bonchev–Trinajstić information content (AvgIpc) is 2.82. The summed E-state index contributed by atoms with van der Waals surface area (Å²) in [6, 6.07) is 0. The molecule has 20 heavy (non-hydrogen) atoms. The number of sulfonamides is 1. The van der Waals surface area contributed by atoms with Gasteiger partial charge >= 0.3 is 5.97 Å². The minimum atomic E-state index is -4.02. The molecule has 0 aliphatic heterocycles. The second-order valence-electron chi connectivity index (χ2n) is 3.92. The molecule has 0 saturated heterocycles. The maximum Gasteiger partial charge on any atom is 0.339 e. The van der Waals surface area contributed by atoms with Gasteiger partial charge in [0.25, 0.3) is 10.0 Å². The van der Waals surface area contributed by atoms with Gasteiger partial charge < -0.3 is 10.1 Å². The van der Waals surface area contributed by atoms with Crippen molar-refractivity contribution in [2.45, 2.75) is 11.9 Å². The Bertz CT molecular complexity index is 759. The van der Waals surface area contributed by atoms with Gasteiger partial charge in [0.15, 0.2) is 4.60 Å². The third kappa shape index (κ3) is 2.41. The summed E-state index contributed by atoms with van der Waals surface area (Å²) in [5, 5.41) is 16.0. The zero-order valence-electron chi connectivity index (χ0n) is 10.4. The summed E-state index contributed by atoms with van der Waals surface area (Å²) in [6.45, 7) is 1.53. The fourth-order valence-electron chi connectivity index (χ4n) is 1.68. The number of H-pyrrole nitrogens is 1. The number of aromatic amines is 1. The van der Waals surface area contributed by atoms with E-state index in [9.17, 15) is 13.2 Å². The molecule has 2 aromatic heterocycles. The van der Waals surface area contributed by atoms with Crippen molar-refractivity contribution in [3.63, 3.8) is 0 Å². The predicted octanol–water partition coefficient (Wildman–Crippen LogP) is 0.713. The van der Waals surface area contributed by atoms with Crippen LogP contribution in [0.25, 0.3) is 0 Å². The first-order valence-electron chi connectivity index (χ1n) is 5.23. The maximum atomic E-state index is 12.2. The van der Waals surface area contributed by atoms with Crippen molar-refractivity contribution in [1.29, 1.82) is 0 Å². The molecular formula is C9H10BrN5O4S. The van der Waals surface area contributed by atoms with Crippen molar-refractivity contribution in [3.8, 4) is 0 Å². The zero-order valence-corrected chi connectivity index (χ0v) is 12.8. The van der Waals surface area contributed by atoms with Crippen LogP contribution in [0.2, 0.25) is 0 Å². The Balaban J connectivity index is 2.47. The van der Waals surface area contributed by atoms with Crippen LogP contribution in [0.4, 0.5) is 5.69 Å². The van der Waals surface area contributed by atoms with E-state index in [0.29, 0.717) is 5.69 Å². The molecule has 11 heteroatoms. The summed E-state index contributed by atoms with van der Waals surface area (Å²) in [4.78, 5) is 13.8.